The lowest BCUT2D eigenvalue weighted by atomic mass is 10.1. The molecule has 1 aromatic carbocycles. The highest BCUT2D eigenvalue weighted by atomic mass is 14.8. The lowest BCUT2D eigenvalue weighted by molar-refractivity contribution is 0.868. The van der Waals surface area contributed by atoms with Gasteiger partial charge in [-0.2, -0.15) is 0 Å². The van der Waals surface area contributed by atoms with E-state index in [-0.39, 0.29) is 0 Å². The first-order valence-corrected chi connectivity index (χ1v) is 4.23. The SMILES string of the molecule is CC=CNCc1ccc(C)cc1. The number of nitrogens with one attached hydrogen (secondary N) is 1. The maximum atomic E-state index is 3.19. The van der Waals surface area contributed by atoms with Crippen LogP contribution in [-0.2, 0) is 6.54 Å². The maximum Gasteiger partial charge on any atom is 0.0395 e. The Kier molecular flexibility index (Phi) is 3.39. The van der Waals surface area contributed by atoms with Gasteiger partial charge in [0.25, 0.3) is 0 Å². The average molecular weight is 161 g/mol. The van der Waals surface area contributed by atoms with Gasteiger partial charge in [0.15, 0.2) is 0 Å². The van der Waals surface area contributed by atoms with Gasteiger partial charge in [0.2, 0.25) is 0 Å². The molecular formula is C11H15N. The van der Waals surface area contributed by atoms with Gasteiger partial charge in [0, 0.05) is 6.54 Å². The van der Waals surface area contributed by atoms with Gasteiger partial charge in [-0.3, -0.25) is 0 Å². The summed E-state index contributed by atoms with van der Waals surface area (Å²) < 4.78 is 0. The molecule has 0 aliphatic rings. The Morgan fingerprint density at radius 2 is 1.92 bits per heavy atom. The maximum absolute atomic E-state index is 3.19. The molecule has 0 unspecified atom stereocenters. The number of benzene rings is 1. The largest absolute Gasteiger partial charge is 0.387 e. The fraction of sp³-hybridized carbons (Fsp3) is 0.273. The van der Waals surface area contributed by atoms with Gasteiger partial charge in [-0.15, -0.1) is 0 Å². The van der Waals surface area contributed by atoms with Gasteiger partial charge in [0.05, 0.1) is 0 Å². The van der Waals surface area contributed by atoms with Gasteiger partial charge < -0.3 is 5.32 Å². The number of allylic oxidation sites excluding steroid dienone is 1. The van der Waals surface area contributed by atoms with E-state index in [0.717, 1.165) is 6.54 Å². The minimum atomic E-state index is 0.907. The van der Waals surface area contributed by atoms with Crippen molar-refractivity contribution in [2.24, 2.45) is 0 Å². The Morgan fingerprint density at radius 3 is 2.50 bits per heavy atom. The van der Waals surface area contributed by atoms with Gasteiger partial charge in [0.1, 0.15) is 0 Å². The van der Waals surface area contributed by atoms with Crippen LogP contribution in [0.25, 0.3) is 0 Å². The summed E-state index contributed by atoms with van der Waals surface area (Å²) in [5.74, 6) is 0. The van der Waals surface area contributed by atoms with E-state index < -0.39 is 0 Å². The van der Waals surface area contributed by atoms with Crippen LogP contribution in [0, 0.1) is 6.92 Å². The molecule has 0 atom stereocenters. The smallest absolute Gasteiger partial charge is 0.0395 e. The minimum Gasteiger partial charge on any atom is -0.387 e. The summed E-state index contributed by atoms with van der Waals surface area (Å²) in [5.41, 5.74) is 2.63. The summed E-state index contributed by atoms with van der Waals surface area (Å²) in [7, 11) is 0. The molecule has 0 spiro atoms. The standard InChI is InChI=1S/C11H15N/c1-3-8-12-9-11-6-4-10(2)5-7-11/h3-8,12H,9H2,1-2H3. The molecule has 0 radical (unpaired) electrons. The Labute approximate surface area is 74.1 Å². The summed E-state index contributed by atoms with van der Waals surface area (Å²) in [5, 5.41) is 3.19. The summed E-state index contributed by atoms with van der Waals surface area (Å²) in [6.07, 6.45) is 3.95. The Hall–Kier alpha value is -1.24. The van der Waals surface area contributed by atoms with E-state index in [2.05, 4.69) is 36.5 Å². The molecule has 1 nitrogen and oxygen atoms in total. The zero-order valence-corrected chi connectivity index (χ0v) is 7.67. The van der Waals surface area contributed by atoms with Crippen LogP contribution >= 0.6 is 0 Å². The van der Waals surface area contributed by atoms with Crippen LogP contribution < -0.4 is 5.32 Å². The van der Waals surface area contributed by atoms with Crippen LogP contribution in [0.4, 0.5) is 0 Å². The lowest BCUT2D eigenvalue weighted by Gasteiger charge is -2.00. The van der Waals surface area contributed by atoms with Crippen LogP contribution in [-0.4, -0.2) is 0 Å². The number of hydrogen-bond donors (Lipinski definition) is 1. The molecule has 0 saturated carbocycles. The van der Waals surface area contributed by atoms with Crippen molar-refractivity contribution in [2.45, 2.75) is 20.4 Å². The minimum absolute atomic E-state index is 0.907. The van der Waals surface area contributed by atoms with Crippen LogP contribution in [0.15, 0.2) is 36.5 Å². The third-order valence-electron chi connectivity index (χ3n) is 1.71. The van der Waals surface area contributed by atoms with E-state index >= 15 is 0 Å². The molecule has 1 heteroatoms. The third kappa shape index (κ3) is 2.79. The molecule has 0 amide bonds. The molecule has 1 aromatic rings. The van der Waals surface area contributed by atoms with E-state index in [1.165, 1.54) is 11.1 Å². The van der Waals surface area contributed by atoms with E-state index in [9.17, 15) is 0 Å². The Balaban J connectivity index is 2.47. The first-order chi connectivity index (χ1) is 5.83. The van der Waals surface area contributed by atoms with Crippen molar-refractivity contribution >= 4 is 0 Å². The van der Waals surface area contributed by atoms with Crippen molar-refractivity contribution in [3.8, 4) is 0 Å². The first kappa shape index (κ1) is 8.85. The van der Waals surface area contributed by atoms with E-state index in [4.69, 9.17) is 0 Å². The number of hydrogen-bond acceptors (Lipinski definition) is 1. The van der Waals surface area contributed by atoms with Crippen LogP contribution in [0.1, 0.15) is 18.1 Å². The number of rotatable bonds is 3. The van der Waals surface area contributed by atoms with E-state index in [1.54, 1.807) is 0 Å². The topological polar surface area (TPSA) is 12.0 Å². The summed E-state index contributed by atoms with van der Waals surface area (Å²) >= 11 is 0. The highest BCUT2D eigenvalue weighted by Crippen LogP contribution is 2.01. The average Bonchev–Trinajstić information content (AvgIpc) is 2.09. The van der Waals surface area contributed by atoms with Crippen LogP contribution in [0.2, 0.25) is 0 Å². The molecule has 0 heterocycles. The molecule has 0 aromatic heterocycles. The quantitative estimate of drug-likeness (QED) is 0.718. The van der Waals surface area contributed by atoms with Crippen molar-refractivity contribution in [1.29, 1.82) is 0 Å². The molecule has 0 saturated heterocycles. The van der Waals surface area contributed by atoms with Crippen molar-refractivity contribution in [2.75, 3.05) is 0 Å². The monoisotopic (exact) mass is 161 g/mol. The molecular weight excluding hydrogens is 146 g/mol. The second kappa shape index (κ2) is 4.60. The highest BCUT2D eigenvalue weighted by Gasteiger charge is 1.88. The molecule has 1 N–H and O–H groups in total. The van der Waals surface area contributed by atoms with Crippen molar-refractivity contribution in [1.82, 2.24) is 5.32 Å². The van der Waals surface area contributed by atoms with Crippen molar-refractivity contribution in [3.05, 3.63) is 47.7 Å². The van der Waals surface area contributed by atoms with Crippen LogP contribution in [0.5, 0.6) is 0 Å². The molecule has 0 fully saturated rings. The summed E-state index contributed by atoms with van der Waals surface area (Å²) in [4.78, 5) is 0. The first-order valence-electron chi connectivity index (χ1n) is 4.23. The summed E-state index contributed by atoms with van der Waals surface area (Å²) in [6.45, 7) is 5.01. The highest BCUT2D eigenvalue weighted by molar-refractivity contribution is 5.21. The zero-order chi connectivity index (χ0) is 8.81. The second-order valence-electron chi connectivity index (χ2n) is 2.87. The van der Waals surface area contributed by atoms with E-state index in [1.807, 2.05) is 19.2 Å². The second-order valence-corrected chi connectivity index (χ2v) is 2.87. The third-order valence-corrected chi connectivity index (χ3v) is 1.71. The molecule has 64 valence electrons. The zero-order valence-electron chi connectivity index (χ0n) is 7.67. The van der Waals surface area contributed by atoms with Gasteiger partial charge in [-0.25, -0.2) is 0 Å². The predicted molar refractivity (Wildman–Crippen MR) is 52.8 cm³/mol. The van der Waals surface area contributed by atoms with Gasteiger partial charge >= 0.3 is 0 Å². The molecule has 0 aliphatic heterocycles. The lowest BCUT2D eigenvalue weighted by Crippen LogP contribution is -2.03. The molecule has 0 bridgehead atoms. The van der Waals surface area contributed by atoms with Crippen LogP contribution in [0.3, 0.4) is 0 Å². The fourth-order valence-electron chi connectivity index (χ4n) is 1.00. The Bertz CT molecular complexity index is 246. The van der Waals surface area contributed by atoms with Gasteiger partial charge in [-0.05, 0) is 25.6 Å². The number of aryl methyl sites for hydroxylation is 1. The molecule has 0 aliphatic carbocycles. The van der Waals surface area contributed by atoms with E-state index in [0.29, 0.717) is 0 Å². The van der Waals surface area contributed by atoms with Crippen molar-refractivity contribution < 1.29 is 0 Å². The van der Waals surface area contributed by atoms with Gasteiger partial charge in [-0.1, -0.05) is 35.9 Å². The van der Waals surface area contributed by atoms with Crippen molar-refractivity contribution in [3.63, 3.8) is 0 Å². The summed E-state index contributed by atoms with van der Waals surface area (Å²) in [6, 6.07) is 8.55. The molecule has 12 heavy (non-hydrogen) atoms. The molecule has 1 rings (SSSR count). The predicted octanol–water partition coefficient (Wildman–Crippen LogP) is 2.62. The fourth-order valence-corrected chi connectivity index (χ4v) is 1.00. The Morgan fingerprint density at radius 1 is 1.25 bits per heavy atom. The normalized spacial score (nSPS) is 10.5.